The zero-order chi connectivity index (χ0) is 13.8. The SMILES string of the molecule is Cc1ncsc1CCOc1cc(Br)ccc1[C@H](C)O. The van der Waals surface area contributed by atoms with Crippen LogP contribution in [0.5, 0.6) is 5.75 Å². The quantitative estimate of drug-likeness (QED) is 0.896. The van der Waals surface area contributed by atoms with Crippen LogP contribution < -0.4 is 4.74 Å². The fourth-order valence-corrected chi connectivity index (χ4v) is 2.90. The second-order valence-corrected chi connectivity index (χ2v) is 6.17. The Balaban J connectivity index is 2.03. The number of rotatable bonds is 5. The monoisotopic (exact) mass is 341 g/mol. The number of hydrogen-bond donors (Lipinski definition) is 1. The van der Waals surface area contributed by atoms with Gasteiger partial charge in [0.25, 0.3) is 0 Å². The molecule has 0 saturated carbocycles. The minimum Gasteiger partial charge on any atom is -0.493 e. The predicted octanol–water partition coefficient (Wildman–Crippen LogP) is 3.89. The van der Waals surface area contributed by atoms with E-state index in [9.17, 15) is 5.11 Å². The first-order valence-corrected chi connectivity index (χ1v) is 7.74. The van der Waals surface area contributed by atoms with Gasteiger partial charge in [0.05, 0.1) is 23.9 Å². The molecule has 102 valence electrons. The summed E-state index contributed by atoms with van der Waals surface area (Å²) in [5.74, 6) is 0.728. The summed E-state index contributed by atoms with van der Waals surface area (Å²) in [6.07, 6.45) is 0.302. The van der Waals surface area contributed by atoms with Crippen molar-refractivity contribution in [2.45, 2.75) is 26.4 Å². The number of benzene rings is 1. The predicted molar refractivity (Wildman–Crippen MR) is 80.8 cm³/mol. The summed E-state index contributed by atoms with van der Waals surface area (Å²) < 4.78 is 6.74. The van der Waals surface area contributed by atoms with E-state index in [1.807, 2.05) is 30.6 Å². The van der Waals surface area contributed by atoms with Gasteiger partial charge < -0.3 is 9.84 Å². The molecule has 1 heterocycles. The van der Waals surface area contributed by atoms with E-state index < -0.39 is 6.10 Å². The van der Waals surface area contributed by atoms with Gasteiger partial charge in [0.1, 0.15) is 5.75 Å². The summed E-state index contributed by atoms with van der Waals surface area (Å²) in [5, 5.41) is 9.72. The van der Waals surface area contributed by atoms with Gasteiger partial charge in [-0.15, -0.1) is 11.3 Å². The molecule has 0 unspecified atom stereocenters. The van der Waals surface area contributed by atoms with Crippen molar-refractivity contribution >= 4 is 27.3 Å². The Morgan fingerprint density at radius 3 is 2.89 bits per heavy atom. The summed E-state index contributed by atoms with van der Waals surface area (Å²) in [7, 11) is 0. The average molecular weight is 342 g/mol. The van der Waals surface area contributed by atoms with Crippen molar-refractivity contribution in [2.24, 2.45) is 0 Å². The number of aromatic nitrogens is 1. The fourth-order valence-electron chi connectivity index (χ4n) is 1.80. The van der Waals surface area contributed by atoms with Gasteiger partial charge in [-0.05, 0) is 26.0 Å². The molecule has 0 aliphatic rings. The Hall–Kier alpha value is -0.910. The highest BCUT2D eigenvalue weighted by Crippen LogP contribution is 2.28. The van der Waals surface area contributed by atoms with Crippen molar-refractivity contribution in [3.05, 3.63) is 44.3 Å². The number of thiazole rings is 1. The molecule has 0 bridgehead atoms. The first-order valence-electron chi connectivity index (χ1n) is 6.07. The molecule has 0 spiro atoms. The van der Waals surface area contributed by atoms with Gasteiger partial charge in [0.15, 0.2) is 0 Å². The molecule has 1 N–H and O–H groups in total. The van der Waals surface area contributed by atoms with Crippen LogP contribution in [0.1, 0.15) is 29.2 Å². The number of hydrogen-bond acceptors (Lipinski definition) is 4. The zero-order valence-electron chi connectivity index (χ0n) is 10.9. The van der Waals surface area contributed by atoms with Crippen molar-refractivity contribution in [1.29, 1.82) is 0 Å². The number of ether oxygens (including phenoxy) is 1. The van der Waals surface area contributed by atoms with Gasteiger partial charge in [-0.3, -0.25) is 0 Å². The van der Waals surface area contributed by atoms with E-state index in [0.29, 0.717) is 6.61 Å². The summed E-state index contributed by atoms with van der Waals surface area (Å²) in [6.45, 7) is 4.33. The van der Waals surface area contributed by atoms with Crippen LogP contribution in [-0.4, -0.2) is 16.7 Å². The van der Waals surface area contributed by atoms with Crippen LogP contribution in [0, 0.1) is 6.92 Å². The topological polar surface area (TPSA) is 42.4 Å². The number of aliphatic hydroxyl groups is 1. The number of aryl methyl sites for hydroxylation is 1. The van der Waals surface area contributed by atoms with Crippen LogP contribution in [0.4, 0.5) is 0 Å². The molecule has 0 aliphatic carbocycles. The molecular formula is C14H16BrNO2S. The summed E-state index contributed by atoms with van der Waals surface area (Å²) in [5.41, 5.74) is 3.73. The van der Waals surface area contributed by atoms with E-state index in [1.54, 1.807) is 18.3 Å². The third kappa shape index (κ3) is 3.78. The molecule has 2 aromatic rings. The van der Waals surface area contributed by atoms with Gasteiger partial charge in [0, 0.05) is 21.3 Å². The largest absolute Gasteiger partial charge is 0.493 e. The number of halogens is 1. The maximum atomic E-state index is 9.72. The molecule has 0 amide bonds. The summed E-state index contributed by atoms with van der Waals surface area (Å²) >= 11 is 5.07. The summed E-state index contributed by atoms with van der Waals surface area (Å²) in [6, 6.07) is 5.67. The van der Waals surface area contributed by atoms with Crippen molar-refractivity contribution in [3.8, 4) is 5.75 Å². The molecular weight excluding hydrogens is 326 g/mol. The van der Waals surface area contributed by atoms with E-state index >= 15 is 0 Å². The Labute approximate surface area is 125 Å². The van der Waals surface area contributed by atoms with Gasteiger partial charge in [-0.25, -0.2) is 4.98 Å². The smallest absolute Gasteiger partial charge is 0.126 e. The number of nitrogens with zero attached hydrogens (tertiary/aromatic N) is 1. The van der Waals surface area contributed by atoms with Crippen LogP contribution in [0.15, 0.2) is 28.2 Å². The van der Waals surface area contributed by atoms with Crippen molar-refractivity contribution in [1.82, 2.24) is 4.98 Å². The maximum absolute atomic E-state index is 9.72. The third-order valence-electron chi connectivity index (χ3n) is 2.86. The molecule has 0 saturated heterocycles. The highest BCUT2D eigenvalue weighted by molar-refractivity contribution is 9.10. The highest BCUT2D eigenvalue weighted by Gasteiger charge is 2.10. The second kappa shape index (κ2) is 6.50. The van der Waals surface area contributed by atoms with Crippen LogP contribution in [0.2, 0.25) is 0 Å². The first kappa shape index (κ1) is 14.5. The minimum atomic E-state index is -0.534. The third-order valence-corrected chi connectivity index (χ3v) is 4.35. The van der Waals surface area contributed by atoms with E-state index in [2.05, 4.69) is 20.9 Å². The first-order chi connectivity index (χ1) is 9.08. The molecule has 1 aromatic carbocycles. The molecule has 19 heavy (non-hydrogen) atoms. The Morgan fingerprint density at radius 2 is 2.26 bits per heavy atom. The second-order valence-electron chi connectivity index (χ2n) is 4.32. The minimum absolute atomic E-state index is 0.534. The van der Waals surface area contributed by atoms with E-state index in [4.69, 9.17) is 4.74 Å². The molecule has 2 rings (SSSR count). The van der Waals surface area contributed by atoms with Crippen LogP contribution >= 0.6 is 27.3 Å². The van der Waals surface area contributed by atoms with Crippen molar-refractivity contribution < 1.29 is 9.84 Å². The standard InChI is InChI=1S/C14H16BrNO2S/c1-9-14(19-8-16-9)5-6-18-13-7-11(15)3-4-12(13)10(2)17/h3-4,7-8,10,17H,5-6H2,1-2H3/t10-/m0/s1. The molecule has 0 fully saturated rings. The van der Waals surface area contributed by atoms with Crippen molar-refractivity contribution in [2.75, 3.05) is 6.61 Å². The van der Waals surface area contributed by atoms with Gasteiger partial charge in [0.2, 0.25) is 0 Å². The molecule has 1 atom stereocenters. The lowest BCUT2D eigenvalue weighted by atomic mass is 10.1. The van der Waals surface area contributed by atoms with Gasteiger partial charge >= 0.3 is 0 Å². The molecule has 1 aromatic heterocycles. The fraction of sp³-hybridized carbons (Fsp3) is 0.357. The lowest BCUT2D eigenvalue weighted by Crippen LogP contribution is -2.04. The molecule has 5 heteroatoms. The average Bonchev–Trinajstić information content (AvgIpc) is 2.75. The van der Waals surface area contributed by atoms with Crippen LogP contribution in [0.3, 0.4) is 0 Å². The van der Waals surface area contributed by atoms with E-state index in [0.717, 1.165) is 27.9 Å². The highest BCUT2D eigenvalue weighted by atomic mass is 79.9. The Kier molecular flexibility index (Phi) is 4.96. The van der Waals surface area contributed by atoms with Gasteiger partial charge in [-0.2, -0.15) is 0 Å². The maximum Gasteiger partial charge on any atom is 0.126 e. The van der Waals surface area contributed by atoms with Gasteiger partial charge in [-0.1, -0.05) is 22.0 Å². The normalized spacial score (nSPS) is 12.4. The molecule has 3 nitrogen and oxygen atoms in total. The van der Waals surface area contributed by atoms with Crippen molar-refractivity contribution in [3.63, 3.8) is 0 Å². The van der Waals surface area contributed by atoms with Crippen LogP contribution in [-0.2, 0) is 6.42 Å². The summed E-state index contributed by atoms with van der Waals surface area (Å²) in [4.78, 5) is 5.46. The zero-order valence-corrected chi connectivity index (χ0v) is 13.3. The lowest BCUT2D eigenvalue weighted by Gasteiger charge is -2.13. The molecule has 0 aliphatic heterocycles. The Bertz CT molecular complexity index is 554. The van der Waals surface area contributed by atoms with Crippen LogP contribution in [0.25, 0.3) is 0 Å². The lowest BCUT2D eigenvalue weighted by molar-refractivity contribution is 0.191. The Morgan fingerprint density at radius 1 is 1.47 bits per heavy atom. The van der Waals surface area contributed by atoms with E-state index in [-0.39, 0.29) is 0 Å². The number of aliphatic hydroxyl groups excluding tert-OH is 1. The molecule has 0 radical (unpaired) electrons. The van der Waals surface area contributed by atoms with E-state index in [1.165, 1.54) is 4.88 Å².